The Kier molecular flexibility index (Phi) is 9.42. The van der Waals surface area contributed by atoms with Gasteiger partial charge in [0.2, 0.25) is 0 Å². The van der Waals surface area contributed by atoms with E-state index in [2.05, 4.69) is 15.4 Å². The van der Waals surface area contributed by atoms with Crippen molar-refractivity contribution in [2.45, 2.75) is 38.2 Å². The summed E-state index contributed by atoms with van der Waals surface area (Å²) in [5.41, 5.74) is 1.55. The van der Waals surface area contributed by atoms with Crippen molar-refractivity contribution >= 4 is 33.5 Å². The number of amides is 1. The number of hydrogen-bond donors (Lipinski definition) is 4. The summed E-state index contributed by atoms with van der Waals surface area (Å²) in [4.78, 5) is 23.1. The predicted octanol–water partition coefficient (Wildman–Crippen LogP) is 5.19. The lowest BCUT2D eigenvalue weighted by Crippen LogP contribution is -2.34. The standard InChI is InChI=1S/C28H33N3O7S/c1-5-37-24-13-12-20(19-8-6-9-21(16-19)26(32)33)17-25(24)39(35,36)31-23-11-7-10-22(18-23)29-14-15-30-27(34)38-28(2,3)4/h6-13,16-18,29,31H,5,14-15H2,1-4H3,(H,30,34)(H,32,33). The van der Waals surface area contributed by atoms with Crippen molar-refractivity contribution in [1.82, 2.24) is 5.32 Å². The van der Waals surface area contributed by atoms with Crippen LogP contribution in [0.25, 0.3) is 11.1 Å². The monoisotopic (exact) mass is 555 g/mol. The zero-order chi connectivity index (χ0) is 28.6. The molecular weight excluding hydrogens is 522 g/mol. The van der Waals surface area contributed by atoms with Crippen molar-refractivity contribution in [2.24, 2.45) is 0 Å². The number of carbonyl (C=O) groups excluding carboxylic acids is 1. The maximum atomic E-state index is 13.4. The Hall–Kier alpha value is -4.25. The summed E-state index contributed by atoms with van der Waals surface area (Å²) in [7, 11) is -4.09. The number of carboxylic acids is 1. The molecule has 0 aliphatic heterocycles. The van der Waals surface area contributed by atoms with Crippen molar-refractivity contribution in [1.29, 1.82) is 0 Å². The van der Waals surface area contributed by atoms with Gasteiger partial charge in [0.1, 0.15) is 16.2 Å². The summed E-state index contributed by atoms with van der Waals surface area (Å²) < 4.78 is 40.3. The molecule has 39 heavy (non-hydrogen) atoms. The van der Waals surface area contributed by atoms with E-state index < -0.39 is 27.7 Å². The number of rotatable bonds is 11. The number of sulfonamides is 1. The van der Waals surface area contributed by atoms with Crippen molar-refractivity contribution in [3.8, 4) is 16.9 Å². The molecule has 0 unspecified atom stereocenters. The molecule has 3 aromatic carbocycles. The highest BCUT2D eigenvalue weighted by Gasteiger charge is 2.22. The quantitative estimate of drug-likeness (QED) is 0.237. The van der Waals surface area contributed by atoms with Gasteiger partial charge in [0.05, 0.1) is 17.9 Å². The predicted molar refractivity (Wildman–Crippen MR) is 150 cm³/mol. The Labute approximate surface area is 228 Å². The Morgan fingerprint density at radius 2 is 1.59 bits per heavy atom. The van der Waals surface area contributed by atoms with E-state index in [1.807, 2.05) is 0 Å². The zero-order valence-electron chi connectivity index (χ0n) is 22.3. The Morgan fingerprint density at radius 1 is 0.897 bits per heavy atom. The summed E-state index contributed by atoms with van der Waals surface area (Å²) in [5, 5.41) is 15.1. The van der Waals surface area contributed by atoms with E-state index >= 15 is 0 Å². The molecule has 0 bridgehead atoms. The van der Waals surface area contributed by atoms with Crippen molar-refractivity contribution in [3.63, 3.8) is 0 Å². The fourth-order valence-corrected chi connectivity index (χ4v) is 4.81. The number of nitrogens with one attached hydrogen (secondary N) is 3. The maximum absolute atomic E-state index is 13.4. The Morgan fingerprint density at radius 3 is 2.28 bits per heavy atom. The average Bonchev–Trinajstić information content (AvgIpc) is 2.86. The van der Waals surface area contributed by atoms with Gasteiger partial charge in [0.25, 0.3) is 10.0 Å². The number of carbonyl (C=O) groups is 2. The fourth-order valence-electron chi connectivity index (χ4n) is 3.59. The van der Waals surface area contributed by atoms with Crippen LogP contribution in [0.1, 0.15) is 38.1 Å². The molecule has 0 aliphatic rings. The smallest absolute Gasteiger partial charge is 0.407 e. The minimum absolute atomic E-state index is 0.0810. The van der Waals surface area contributed by atoms with Gasteiger partial charge in [0.15, 0.2) is 0 Å². The van der Waals surface area contributed by atoms with E-state index in [1.54, 1.807) is 76.2 Å². The van der Waals surface area contributed by atoms with Gasteiger partial charge >= 0.3 is 12.1 Å². The number of aromatic carboxylic acids is 1. The van der Waals surface area contributed by atoms with Gasteiger partial charge in [-0.1, -0.05) is 24.3 Å². The van der Waals surface area contributed by atoms with Gasteiger partial charge < -0.3 is 25.2 Å². The van der Waals surface area contributed by atoms with Crippen molar-refractivity contribution in [2.75, 3.05) is 29.7 Å². The Balaban J connectivity index is 1.77. The first-order chi connectivity index (χ1) is 18.4. The topological polar surface area (TPSA) is 143 Å². The fraction of sp³-hybridized carbons (Fsp3) is 0.286. The first-order valence-electron chi connectivity index (χ1n) is 12.3. The first-order valence-corrected chi connectivity index (χ1v) is 13.8. The minimum atomic E-state index is -4.09. The third-order valence-corrected chi connectivity index (χ3v) is 6.62. The van der Waals surface area contributed by atoms with E-state index in [0.717, 1.165) is 0 Å². The third kappa shape index (κ3) is 8.64. The van der Waals surface area contributed by atoms with E-state index in [4.69, 9.17) is 9.47 Å². The largest absolute Gasteiger partial charge is 0.492 e. The van der Waals surface area contributed by atoms with Crippen LogP contribution in [0.15, 0.2) is 71.6 Å². The molecular formula is C28H33N3O7S. The number of ether oxygens (including phenoxy) is 2. The Bertz CT molecular complexity index is 1430. The molecule has 0 atom stereocenters. The van der Waals surface area contributed by atoms with Gasteiger partial charge in [-0.25, -0.2) is 18.0 Å². The van der Waals surface area contributed by atoms with Crippen LogP contribution in [-0.4, -0.2) is 50.9 Å². The van der Waals surface area contributed by atoms with E-state index in [0.29, 0.717) is 35.6 Å². The van der Waals surface area contributed by atoms with E-state index in [9.17, 15) is 23.1 Å². The molecule has 0 saturated carbocycles. The van der Waals surface area contributed by atoms with Crippen LogP contribution in [0.5, 0.6) is 5.75 Å². The van der Waals surface area contributed by atoms with Crippen LogP contribution in [0, 0.1) is 0 Å². The van der Waals surface area contributed by atoms with Crippen LogP contribution >= 0.6 is 0 Å². The molecule has 208 valence electrons. The lowest BCUT2D eigenvalue weighted by Gasteiger charge is -2.19. The number of benzene rings is 3. The second-order valence-electron chi connectivity index (χ2n) is 9.52. The second kappa shape index (κ2) is 12.5. The SMILES string of the molecule is CCOc1ccc(-c2cccc(C(=O)O)c2)cc1S(=O)(=O)Nc1cccc(NCCNC(=O)OC(C)(C)C)c1. The highest BCUT2D eigenvalue weighted by atomic mass is 32.2. The van der Waals surface area contributed by atoms with E-state index in [1.165, 1.54) is 18.2 Å². The summed E-state index contributed by atoms with van der Waals surface area (Å²) in [6.45, 7) is 8.04. The first kappa shape index (κ1) is 29.3. The van der Waals surface area contributed by atoms with Crippen LogP contribution in [-0.2, 0) is 14.8 Å². The maximum Gasteiger partial charge on any atom is 0.407 e. The molecule has 3 aromatic rings. The molecule has 0 radical (unpaired) electrons. The number of hydrogen-bond acceptors (Lipinski definition) is 7. The third-order valence-electron chi connectivity index (χ3n) is 5.21. The summed E-state index contributed by atoms with van der Waals surface area (Å²) in [6, 6.07) is 17.7. The molecule has 0 fully saturated rings. The zero-order valence-corrected chi connectivity index (χ0v) is 23.1. The van der Waals surface area contributed by atoms with Gasteiger partial charge in [-0.3, -0.25) is 4.72 Å². The number of alkyl carbamates (subject to hydrolysis) is 1. The molecule has 0 aromatic heterocycles. The van der Waals surface area contributed by atoms with Crippen LogP contribution in [0.2, 0.25) is 0 Å². The molecule has 3 rings (SSSR count). The van der Waals surface area contributed by atoms with Gasteiger partial charge in [-0.05, 0) is 81.3 Å². The number of anilines is 2. The van der Waals surface area contributed by atoms with Crippen LogP contribution in [0.3, 0.4) is 0 Å². The van der Waals surface area contributed by atoms with Gasteiger partial charge in [0, 0.05) is 18.8 Å². The minimum Gasteiger partial charge on any atom is -0.492 e. The normalized spacial score (nSPS) is 11.4. The van der Waals surface area contributed by atoms with Crippen molar-refractivity contribution < 1.29 is 32.6 Å². The summed E-state index contributed by atoms with van der Waals surface area (Å²) >= 11 is 0. The lowest BCUT2D eigenvalue weighted by atomic mass is 10.0. The van der Waals surface area contributed by atoms with Crippen LogP contribution in [0.4, 0.5) is 16.2 Å². The second-order valence-corrected chi connectivity index (χ2v) is 11.2. The molecule has 4 N–H and O–H groups in total. The molecule has 0 spiro atoms. The van der Waals surface area contributed by atoms with Gasteiger partial charge in [-0.15, -0.1) is 0 Å². The highest BCUT2D eigenvalue weighted by molar-refractivity contribution is 7.92. The lowest BCUT2D eigenvalue weighted by molar-refractivity contribution is 0.0529. The van der Waals surface area contributed by atoms with E-state index in [-0.39, 0.29) is 22.8 Å². The van der Waals surface area contributed by atoms with Crippen molar-refractivity contribution in [3.05, 3.63) is 72.3 Å². The highest BCUT2D eigenvalue weighted by Crippen LogP contribution is 2.32. The molecule has 0 saturated heterocycles. The van der Waals surface area contributed by atoms with Gasteiger partial charge in [-0.2, -0.15) is 0 Å². The molecule has 11 heteroatoms. The number of carboxylic acid groups (broad SMARTS) is 1. The molecule has 0 heterocycles. The molecule has 0 aliphatic carbocycles. The molecule has 1 amide bonds. The molecule has 10 nitrogen and oxygen atoms in total. The summed E-state index contributed by atoms with van der Waals surface area (Å²) in [5.74, 6) is -0.906. The summed E-state index contributed by atoms with van der Waals surface area (Å²) in [6.07, 6.45) is -0.521. The van der Waals surface area contributed by atoms with Crippen LogP contribution < -0.4 is 20.1 Å². The average molecular weight is 556 g/mol.